The van der Waals surface area contributed by atoms with Crippen LogP contribution in [0, 0.1) is 32.1 Å². The standard InChI is InChI=1S/C21H22N2O/c1-15-11-17(3)19(12-16(15)2)13-20(14-22)21(24)23-10-9-18-7-5-4-6-8-18/h4-8,11-13H,9-10H2,1-3H3,(H,23,24)/b20-13+. The first kappa shape index (κ1) is 17.5. The molecule has 1 amide bonds. The molecule has 122 valence electrons. The molecule has 0 radical (unpaired) electrons. The second-order valence-electron chi connectivity index (χ2n) is 5.95. The van der Waals surface area contributed by atoms with Crippen LogP contribution in [0.25, 0.3) is 6.08 Å². The Morgan fingerprint density at radius 3 is 2.42 bits per heavy atom. The molecule has 0 atom stereocenters. The van der Waals surface area contributed by atoms with Crippen molar-refractivity contribution in [3.63, 3.8) is 0 Å². The maximum Gasteiger partial charge on any atom is 0.261 e. The number of benzene rings is 2. The highest BCUT2D eigenvalue weighted by molar-refractivity contribution is 6.01. The topological polar surface area (TPSA) is 52.9 Å². The predicted molar refractivity (Wildman–Crippen MR) is 97.4 cm³/mol. The van der Waals surface area contributed by atoms with Crippen molar-refractivity contribution in [2.24, 2.45) is 0 Å². The molecule has 0 saturated carbocycles. The fraction of sp³-hybridized carbons (Fsp3) is 0.238. The van der Waals surface area contributed by atoms with Crippen LogP contribution in [0.2, 0.25) is 0 Å². The summed E-state index contributed by atoms with van der Waals surface area (Å²) in [5.41, 5.74) is 5.61. The molecule has 0 fully saturated rings. The lowest BCUT2D eigenvalue weighted by molar-refractivity contribution is -0.117. The Morgan fingerprint density at radius 2 is 1.75 bits per heavy atom. The average Bonchev–Trinajstić information content (AvgIpc) is 2.57. The Balaban J connectivity index is 2.06. The molecule has 0 unspecified atom stereocenters. The zero-order valence-corrected chi connectivity index (χ0v) is 14.4. The number of nitriles is 1. The number of nitrogens with zero attached hydrogens (tertiary/aromatic N) is 1. The van der Waals surface area contributed by atoms with Gasteiger partial charge in [-0.25, -0.2) is 0 Å². The number of nitrogens with one attached hydrogen (secondary N) is 1. The van der Waals surface area contributed by atoms with Crippen LogP contribution in [0.15, 0.2) is 48.0 Å². The fourth-order valence-corrected chi connectivity index (χ4v) is 2.50. The number of amides is 1. The summed E-state index contributed by atoms with van der Waals surface area (Å²) in [4.78, 5) is 12.2. The van der Waals surface area contributed by atoms with Crippen molar-refractivity contribution in [3.8, 4) is 6.07 Å². The van der Waals surface area contributed by atoms with Crippen LogP contribution in [0.1, 0.15) is 27.8 Å². The van der Waals surface area contributed by atoms with Gasteiger partial charge in [0.1, 0.15) is 11.6 Å². The fourth-order valence-electron chi connectivity index (χ4n) is 2.50. The molecule has 2 aromatic carbocycles. The lowest BCUT2D eigenvalue weighted by Gasteiger charge is -2.08. The van der Waals surface area contributed by atoms with E-state index in [2.05, 4.69) is 18.3 Å². The minimum atomic E-state index is -0.328. The van der Waals surface area contributed by atoms with Gasteiger partial charge in [-0.3, -0.25) is 4.79 Å². The first-order valence-electron chi connectivity index (χ1n) is 8.03. The van der Waals surface area contributed by atoms with Crippen molar-refractivity contribution in [3.05, 3.63) is 75.9 Å². The lowest BCUT2D eigenvalue weighted by Crippen LogP contribution is -2.26. The number of rotatable bonds is 5. The Labute approximate surface area is 143 Å². The maximum absolute atomic E-state index is 12.2. The molecule has 2 aromatic rings. The summed E-state index contributed by atoms with van der Waals surface area (Å²) in [5, 5.41) is 12.1. The van der Waals surface area contributed by atoms with Gasteiger partial charge in [0, 0.05) is 6.54 Å². The van der Waals surface area contributed by atoms with Crippen molar-refractivity contribution in [2.45, 2.75) is 27.2 Å². The van der Waals surface area contributed by atoms with Gasteiger partial charge in [0.2, 0.25) is 0 Å². The van der Waals surface area contributed by atoms with Crippen LogP contribution in [-0.2, 0) is 11.2 Å². The monoisotopic (exact) mass is 318 g/mol. The van der Waals surface area contributed by atoms with E-state index in [1.165, 1.54) is 5.56 Å². The van der Waals surface area contributed by atoms with E-state index in [0.29, 0.717) is 6.54 Å². The van der Waals surface area contributed by atoms with E-state index in [1.807, 2.05) is 56.3 Å². The summed E-state index contributed by atoms with van der Waals surface area (Å²) in [7, 11) is 0. The third kappa shape index (κ3) is 4.57. The second kappa shape index (κ2) is 8.12. The Morgan fingerprint density at radius 1 is 1.08 bits per heavy atom. The molecule has 0 aliphatic heterocycles. The lowest BCUT2D eigenvalue weighted by atomic mass is 9.99. The third-order valence-corrected chi connectivity index (χ3v) is 4.09. The highest BCUT2D eigenvalue weighted by atomic mass is 16.1. The minimum Gasteiger partial charge on any atom is -0.351 e. The molecule has 0 heterocycles. The van der Waals surface area contributed by atoms with Crippen molar-refractivity contribution < 1.29 is 4.79 Å². The number of carbonyl (C=O) groups is 1. The molecule has 3 heteroatoms. The first-order chi connectivity index (χ1) is 11.5. The van der Waals surface area contributed by atoms with Crippen molar-refractivity contribution in [2.75, 3.05) is 6.54 Å². The van der Waals surface area contributed by atoms with Gasteiger partial charge in [-0.15, -0.1) is 0 Å². The zero-order chi connectivity index (χ0) is 17.5. The SMILES string of the molecule is Cc1cc(C)c(/C=C(\C#N)C(=O)NCCc2ccccc2)cc1C. The van der Waals surface area contributed by atoms with E-state index in [0.717, 1.165) is 28.7 Å². The Kier molecular flexibility index (Phi) is 5.92. The van der Waals surface area contributed by atoms with Crippen LogP contribution >= 0.6 is 0 Å². The zero-order valence-electron chi connectivity index (χ0n) is 14.4. The molecule has 0 bridgehead atoms. The van der Waals surface area contributed by atoms with Crippen LogP contribution in [0.3, 0.4) is 0 Å². The smallest absolute Gasteiger partial charge is 0.261 e. The van der Waals surface area contributed by atoms with E-state index in [-0.39, 0.29) is 11.5 Å². The van der Waals surface area contributed by atoms with Crippen LogP contribution in [-0.4, -0.2) is 12.5 Å². The molecule has 0 aromatic heterocycles. The number of hydrogen-bond acceptors (Lipinski definition) is 2. The summed E-state index contributed by atoms with van der Waals surface area (Å²) in [6, 6.07) is 16.0. The van der Waals surface area contributed by atoms with E-state index in [1.54, 1.807) is 6.08 Å². The molecular formula is C21H22N2O. The largest absolute Gasteiger partial charge is 0.351 e. The van der Waals surface area contributed by atoms with Crippen LogP contribution in [0.5, 0.6) is 0 Å². The van der Waals surface area contributed by atoms with Crippen LogP contribution in [0.4, 0.5) is 0 Å². The van der Waals surface area contributed by atoms with Gasteiger partial charge in [-0.2, -0.15) is 5.26 Å². The van der Waals surface area contributed by atoms with Gasteiger partial charge in [0.05, 0.1) is 0 Å². The van der Waals surface area contributed by atoms with Crippen molar-refractivity contribution >= 4 is 12.0 Å². The highest BCUT2D eigenvalue weighted by Crippen LogP contribution is 2.18. The summed E-state index contributed by atoms with van der Waals surface area (Å²) in [5.74, 6) is -0.328. The van der Waals surface area contributed by atoms with Gasteiger partial charge in [-0.1, -0.05) is 42.5 Å². The molecule has 24 heavy (non-hydrogen) atoms. The molecule has 0 aliphatic carbocycles. The van der Waals surface area contributed by atoms with E-state index in [4.69, 9.17) is 0 Å². The molecule has 1 N–H and O–H groups in total. The quantitative estimate of drug-likeness (QED) is 0.672. The number of carbonyl (C=O) groups excluding carboxylic acids is 1. The first-order valence-corrected chi connectivity index (χ1v) is 8.03. The molecule has 0 saturated heterocycles. The van der Waals surface area contributed by atoms with Crippen molar-refractivity contribution in [1.29, 1.82) is 5.26 Å². The van der Waals surface area contributed by atoms with Gasteiger partial charge < -0.3 is 5.32 Å². The van der Waals surface area contributed by atoms with Gasteiger partial charge >= 0.3 is 0 Å². The summed E-state index contributed by atoms with van der Waals surface area (Å²) in [6.07, 6.45) is 2.41. The normalized spacial score (nSPS) is 11.0. The van der Waals surface area contributed by atoms with Gasteiger partial charge in [0.15, 0.2) is 0 Å². The predicted octanol–water partition coefficient (Wildman–Crippen LogP) is 3.88. The Hall–Kier alpha value is -2.86. The number of hydrogen-bond donors (Lipinski definition) is 1. The highest BCUT2D eigenvalue weighted by Gasteiger charge is 2.10. The van der Waals surface area contributed by atoms with E-state index in [9.17, 15) is 10.1 Å². The third-order valence-electron chi connectivity index (χ3n) is 4.09. The van der Waals surface area contributed by atoms with Crippen molar-refractivity contribution in [1.82, 2.24) is 5.32 Å². The second-order valence-corrected chi connectivity index (χ2v) is 5.95. The van der Waals surface area contributed by atoms with E-state index >= 15 is 0 Å². The molecule has 2 rings (SSSR count). The Bertz CT molecular complexity index is 799. The minimum absolute atomic E-state index is 0.134. The molecule has 0 spiro atoms. The summed E-state index contributed by atoms with van der Waals surface area (Å²) in [6.45, 7) is 6.57. The maximum atomic E-state index is 12.2. The molecule has 0 aliphatic rings. The summed E-state index contributed by atoms with van der Waals surface area (Å²) >= 11 is 0. The van der Waals surface area contributed by atoms with Gasteiger partial charge in [0.25, 0.3) is 5.91 Å². The van der Waals surface area contributed by atoms with Crippen LogP contribution < -0.4 is 5.32 Å². The van der Waals surface area contributed by atoms with Gasteiger partial charge in [-0.05, 0) is 61.1 Å². The van der Waals surface area contributed by atoms with E-state index < -0.39 is 0 Å². The molecule has 3 nitrogen and oxygen atoms in total. The average molecular weight is 318 g/mol. The number of aryl methyl sites for hydroxylation is 3. The summed E-state index contributed by atoms with van der Waals surface area (Å²) < 4.78 is 0. The molecular weight excluding hydrogens is 296 g/mol.